The molecule has 0 amide bonds. The number of halogens is 3. The fraction of sp³-hybridized carbons (Fsp3) is 0.0909. The summed E-state index contributed by atoms with van der Waals surface area (Å²) in [5.41, 5.74) is 1.29. The minimum atomic E-state index is -3.05. The fourth-order valence-electron chi connectivity index (χ4n) is 1.33. The van der Waals surface area contributed by atoms with E-state index >= 15 is 0 Å². The van der Waals surface area contributed by atoms with Crippen molar-refractivity contribution in [1.29, 1.82) is 0 Å². The third-order valence-electron chi connectivity index (χ3n) is 2.02. The Morgan fingerprint density at radius 3 is 2.76 bits per heavy atom. The summed E-state index contributed by atoms with van der Waals surface area (Å²) in [6.45, 7) is -3.05. The van der Waals surface area contributed by atoms with Crippen molar-refractivity contribution in [3.8, 4) is 5.75 Å². The van der Waals surface area contributed by atoms with Crippen molar-refractivity contribution in [2.45, 2.75) is 6.61 Å². The van der Waals surface area contributed by atoms with E-state index in [1.165, 1.54) is 12.1 Å². The molecule has 0 saturated heterocycles. The first-order valence-corrected chi connectivity index (χ1v) is 4.73. The van der Waals surface area contributed by atoms with Gasteiger partial charge in [-0.1, -0.05) is 6.07 Å². The molecule has 2 aromatic rings. The predicted molar refractivity (Wildman–Crippen MR) is 54.1 cm³/mol. The van der Waals surface area contributed by atoms with Gasteiger partial charge in [0.25, 0.3) is 0 Å². The number of alkyl halides is 2. The molecule has 2 rings (SSSR count). The molecule has 89 valence electrons. The summed E-state index contributed by atoms with van der Waals surface area (Å²) in [6, 6.07) is 3.73. The van der Waals surface area contributed by atoms with Crippen LogP contribution < -0.4 is 4.74 Å². The highest BCUT2D eigenvalue weighted by molar-refractivity contribution is 5.39. The van der Waals surface area contributed by atoms with E-state index < -0.39 is 18.2 Å². The summed E-state index contributed by atoms with van der Waals surface area (Å²) < 4.78 is 41.2. The number of rotatable bonds is 4. The number of hydrogen-bond acceptors (Lipinski definition) is 2. The number of hydrogen-bond donors (Lipinski definition) is 1. The largest absolute Gasteiger partial charge is 0.432 e. The van der Waals surface area contributed by atoms with Crippen LogP contribution in [0.25, 0.3) is 0 Å². The van der Waals surface area contributed by atoms with Crippen molar-refractivity contribution in [3.63, 3.8) is 0 Å². The van der Waals surface area contributed by atoms with Gasteiger partial charge in [-0.15, -0.1) is 0 Å². The van der Waals surface area contributed by atoms with Gasteiger partial charge in [-0.2, -0.15) is 13.9 Å². The van der Waals surface area contributed by atoms with Crippen LogP contribution in [-0.4, -0.2) is 16.8 Å². The Hall–Kier alpha value is -1.98. The average molecular weight is 241 g/mol. The van der Waals surface area contributed by atoms with Crippen LogP contribution in [0.4, 0.5) is 13.2 Å². The summed E-state index contributed by atoms with van der Waals surface area (Å²) in [5, 5.41) is 6.33. The van der Waals surface area contributed by atoms with Crippen LogP contribution in [0.5, 0.6) is 5.75 Å². The first-order chi connectivity index (χ1) is 8.15. The Labute approximate surface area is 95.2 Å². The van der Waals surface area contributed by atoms with Gasteiger partial charge in [-0.25, -0.2) is 4.39 Å². The van der Waals surface area contributed by atoms with Crippen molar-refractivity contribution < 1.29 is 17.9 Å². The van der Waals surface area contributed by atoms with Crippen molar-refractivity contribution in [1.82, 2.24) is 10.2 Å². The van der Waals surface area contributed by atoms with Crippen LogP contribution in [0.2, 0.25) is 0 Å². The monoisotopic (exact) mass is 241 g/mol. The van der Waals surface area contributed by atoms with E-state index in [0.717, 1.165) is 11.6 Å². The number of H-pyrrole nitrogens is 1. The standard InChI is InChI=1S/C11H8F3N2O/c12-9-2-1-7(3-8-5-15-16-6-8)4-10(9)17-11(13)14/h1-6,11H,(H,15,16). The van der Waals surface area contributed by atoms with Gasteiger partial charge < -0.3 is 4.74 Å². The zero-order valence-corrected chi connectivity index (χ0v) is 8.53. The highest BCUT2D eigenvalue weighted by atomic mass is 19.3. The number of nitrogens with zero attached hydrogens (tertiary/aromatic N) is 1. The third kappa shape index (κ3) is 2.99. The van der Waals surface area contributed by atoms with Gasteiger partial charge >= 0.3 is 6.61 Å². The van der Waals surface area contributed by atoms with E-state index in [4.69, 9.17) is 0 Å². The maximum atomic E-state index is 13.1. The summed E-state index contributed by atoms with van der Waals surface area (Å²) in [5.74, 6) is -1.30. The smallest absolute Gasteiger partial charge is 0.387 e. The van der Waals surface area contributed by atoms with Crippen LogP contribution in [0.1, 0.15) is 11.1 Å². The van der Waals surface area contributed by atoms with E-state index in [1.807, 2.05) is 0 Å². The SMILES string of the molecule is Fc1ccc([CH]c2cn[nH]c2)cc1OC(F)F. The first kappa shape index (κ1) is 11.5. The van der Waals surface area contributed by atoms with Crippen LogP contribution in [0.15, 0.2) is 30.6 Å². The maximum absolute atomic E-state index is 13.1. The van der Waals surface area contributed by atoms with Crippen LogP contribution in [0.3, 0.4) is 0 Å². The lowest BCUT2D eigenvalue weighted by Crippen LogP contribution is -2.04. The quantitative estimate of drug-likeness (QED) is 0.893. The fourth-order valence-corrected chi connectivity index (χ4v) is 1.33. The van der Waals surface area contributed by atoms with E-state index in [-0.39, 0.29) is 0 Å². The Kier molecular flexibility index (Phi) is 3.32. The van der Waals surface area contributed by atoms with Gasteiger partial charge in [0.2, 0.25) is 0 Å². The van der Waals surface area contributed by atoms with E-state index in [0.29, 0.717) is 5.56 Å². The molecule has 0 unspecified atom stereocenters. The number of benzene rings is 1. The molecule has 0 atom stereocenters. The Balaban J connectivity index is 2.18. The lowest BCUT2D eigenvalue weighted by atomic mass is 10.1. The average Bonchev–Trinajstić information content (AvgIpc) is 2.75. The van der Waals surface area contributed by atoms with Gasteiger partial charge in [-0.05, 0) is 23.3 Å². The molecule has 0 saturated carbocycles. The molecule has 3 nitrogen and oxygen atoms in total. The van der Waals surface area contributed by atoms with E-state index in [2.05, 4.69) is 14.9 Å². The minimum Gasteiger partial charge on any atom is -0.432 e. The Morgan fingerprint density at radius 1 is 1.29 bits per heavy atom. The number of ether oxygens (including phenoxy) is 1. The molecule has 1 heterocycles. The molecule has 0 aliphatic heterocycles. The van der Waals surface area contributed by atoms with Crippen molar-refractivity contribution in [2.24, 2.45) is 0 Å². The number of nitrogens with one attached hydrogen (secondary N) is 1. The third-order valence-corrected chi connectivity index (χ3v) is 2.02. The number of aromatic amines is 1. The second-order valence-corrected chi connectivity index (χ2v) is 3.24. The molecule has 17 heavy (non-hydrogen) atoms. The molecule has 0 aliphatic rings. The lowest BCUT2D eigenvalue weighted by Gasteiger charge is -2.07. The normalized spacial score (nSPS) is 10.8. The molecule has 0 spiro atoms. The van der Waals surface area contributed by atoms with Gasteiger partial charge in [0, 0.05) is 12.6 Å². The number of aromatic nitrogens is 2. The molecular weight excluding hydrogens is 233 g/mol. The Bertz CT molecular complexity index is 485. The van der Waals surface area contributed by atoms with Crippen LogP contribution in [-0.2, 0) is 0 Å². The van der Waals surface area contributed by atoms with Crippen LogP contribution in [0, 0.1) is 12.2 Å². The molecular formula is C11H8F3N2O. The second-order valence-electron chi connectivity index (χ2n) is 3.24. The zero-order chi connectivity index (χ0) is 12.3. The van der Waals surface area contributed by atoms with Gasteiger partial charge in [0.1, 0.15) is 0 Å². The highest BCUT2D eigenvalue weighted by Gasteiger charge is 2.11. The summed E-state index contributed by atoms with van der Waals surface area (Å²) >= 11 is 0. The van der Waals surface area contributed by atoms with Gasteiger partial charge in [-0.3, -0.25) is 5.10 Å². The van der Waals surface area contributed by atoms with Gasteiger partial charge in [0.05, 0.1) is 6.20 Å². The van der Waals surface area contributed by atoms with Crippen molar-refractivity contribution in [3.05, 3.63) is 54.0 Å². The highest BCUT2D eigenvalue weighted by Crippen LogP contribution is 2.23. The molecule has 1 aromatic heterocycles. The molecule has 1 aromatic carbocycles. The topological polar surface area (TPSA) is 37.9 Å². The molecule has 1 N–H and O–H groups in total. The van der Waals surface area contributed by atoms with Gasteiger partial charge in [0.15, 0.2) is 11.6 Å². The van der Waals surface area contributed by atoms with Crippen molar-refractivity contribution in [2.75, 3.05) is 0 Å². The predicted octanol–water partition coefficient (Wildman–Crippen LogP) is 2.75. The summed E-state index contributed by atoms with van der Waals surface area (Å²) in [6.07, 6.45) is 4.83. The molecule has 0 aliphatic carbocycles. The molecule has 1 radical (unpaired) electrons. The molecule has 0 bridgehead atoms. The molecule has 0 fully saturated rings. The van der Waals surface area contributed by atoms with Crippen LogP contribution >= 0.6 is 0 Å². The maximum Gasteiger partial charge on any atom is 0.387 e. The lowest BCUT2D eigenvalue weighted by molar-refractivity contribution is -0.0522. The molecule has 6 heteroatoms. The van der Waals surface area contributed by atoms with E-state index in [1.54, 1.807) is 18.8 Å². The van der Waals surface area contributed by atoms with E-state index in [9.17, 15) is 13.2 Å². The van der Waals surface area contributed by atoms with Crippen molar-refractivity contribution >= 4 is 0 Å². The summed E-state index contributed by atoms with van der Waals surface area (Å²) in [4.78, 5) is 0. The zero-order valence-electron chi connectivity index (χ0n) is 8.53. The second kappa shape index (κ2) is 4.90. The minimum absolute atomic E-state index is 0.475. The first-order valence-electron chi connectivity index (χ1n) is 4.73. The summed E-state index contributed by atoms with van der Waals surface area (Å²) in [7, 11) is 0. The Morgan fingerprint density at radius 2 is 2.12 bits per heavy atom.